The van der Waals surface area contributed by atoms with Gasteiger partial charge in [0.15, 0.2) is 0 Å². The zero-order valence-corrected chi connectivity index (χ0v) is 12.6. The van der Waals surface area contributed by atoms with E-state index < -0.39 is 0 Å². The third kappa shape index (κ3) is 3.48. The monoisotopic (exact) mass is 261 g/mol. The Morgan fingerprint density at radius 3 is 2.11 bits per heavy atom. The molecule has 2 rings (SSSR count). The van der Waals surface area contributed by atoms with Crippen LogP contribution in [0, 0.1) is 20.8 Å². The SMILES string of the molecule is Cc1cc(C)c(N2CCN(CCCN)CC2)c(C)c1. The van der Waals surface area contributed by atoms with Crippen LogP contribution < -0.4 is 10.6 Å². The van der Waals surface area contributed by atoms with Crippen molar-refractivity contribution in [2.45, 2.75) is 27.2 Å². The highest BCUT2D eigenvalue weighted by molar-refractivity contribution is 5.60. The maximum Gasteiger partial charge on any atom is 0.0426 e. The molecule has 0 saturated carbocycles. The Bertz CT molecular complexity index is 397. The van der Waals surface area contributed by atoms with Crippen LogP contribution in [-0.4, -0.2) is 44.2 Å². The number of piperazine rings is 1. The van der Waals surface area contributed by atoms with Crippen molar-refractivity contribution in [3.63, 3.8) is 0 Å². The second kappa shape index (κ2) is 6.40. The van der Waals surface area contributed by atoms with Gasteiger partial charge in [0, 0.05) is 31.9 Å². The number of hydrogen-bond donors (Lipinski definition) is 1. The van der Waals surface area contributed by atoms with E-state index in [0.29, 0.717) is 0 Å². The first-order valence-corrected chi connectivity index (χ1v) is 7.37. The molecule has 1 fully saturated rings. The van der Waals surface area contributed by atoms with Gasteiger partial charge in [-0.3, -0.25) is 4.90 Å². The molecule has 19 heavy (non-hydrogen) atoms. The molecule has 0 aromatic heterocycles. The molecular weight excluding hydrogens is 234 g/mol. The summed E-state index contributed by atoms with van der Waals surface area (Å²) in [4.78, 5) is 5.07. The van der Waals surface area contributed by atoms with Crippen molar-refractivity contribution in [3.05, 3.63) is 28.8 Å². The molecule has 1 aliphatic heterocycles. The Hall–Kier alpha value is -1.06. The fraction of sp³-hybridized carbons (Fsp3) is 0.625. The minimum atomic E-state index is 0.802. The largest absolute Gasteiger partial charge is 0.369 e. The van der Waals surface area contributed by atoms with Crippen LogP contribution in [0.25, 0.3) is 0 Å². The standard InChI is InChI=1S/C16H27N3/c1-13-11-14(2)16(15(3)12-13)19-9-7-18(8-10-19)6-4-5-17/h11-12H,4-10,17H2,1-3H3. The summed E-state index contributed by atoms with van der Waals surface area (Å²) >= 11 is 0. The van der Waals surface area contributed by atoms with Gasteiger partial charge in [-0.2, -0.15) is 0 Å². The second-order valence-electron chi connectivity index (χ2n) is 5.72. The number of benzene rings is 1. The Labute approximate surface area is 117 Å². The average molecular weight is 261 g/mol. The van der Waals surface area contributed by atoms with E-state index in [-0.39, 0.29) is 0 Å². The predicted octanol–water partition coefficient (Wildman–Crippen LogP) is 2.08. The van der Waals surface area contributed by atoms with Crippen molar-refractivity contribution in [2.24, 2.45) is 5.73 Å². The van der Waals surface area contributed by atoms with Gasteiger partial charge in [-0.1, -0.05) is 17.7 Å². The Morgan fingerprint density at radius 2 is 1.58 bits per heavy atom. The molecule has 2 N–H and O–H groups in total. The number of aryl methyl sites for hydroxylation is 3. The lowest BCUT2D eigenvalue weighted by Gasteiger charge is -2.37. The van der Waals surface area contributed by atoms with Gasteiger partial charge in [0.2, 0.25) is 0 Å². The van der Waals surface area contributed by atoms with Crippen molar-refractivity contribution >= 4 is 5.69 Å². The molecule has 0 amide bonds. The summed E-state index contributed by atoms with van der Waals surface area (Å²) in [6, 6.07) is 4.59. The highest BCUT2D eigenvalue weighted by Crippen LogP contribution is 2.27. The lowest BCUT2D eigenvalue weighted by atomic mass is 10.0. The second-order valence-corrected chi connectivity index (χ2v) is 5.72. The van der Waals surface area contributed by atoms with E-state index >= 15 is 0 Å². The number of nitrogens with zero attached hydrogens (tertiary/aromatic N) is 2. The van der Waals surface area contributed by atoms with E-state index in [0.717, 1.165) is 45.7 Å². The molecule has 0 aliphatic carbocycles. The van der Waals surface area contributed by atoms with Gasteiger partial charge in [0.1, 0.15) is 0 Å². The van der Waals surface area contributed by atoms with Gasteiger partial charge in [-0.25, -0.2) is 0 Å². The van der Waals surface area contributed by atoms with E-state index in [1.165, 1.54) is 22.4 Å². The lowest BCUT2D eigenvalue weighted by molar-refractivity contribution is 0.256. The van der Waals surface area contributed by atoms with Gasteiger partial charge < -0.3 is 10.6 Å². The number of hydrogen-bond acceptors (Lipinski definition) is 3. The van der Waals surface area contributed by atoms with Gasteiger partial charge in [-0.15, -0.1) is 0 Å². The van der Waals surface area contributed by atoms with E-state index in [1.807, 2.05) is 0 Å². The first-order chi connectivity index (χ1) is 9.11. The highest BCUT2D eigenvalue weighted by Gasteiger charge is 2.19. The molecule has 1 heterocycles. The molecule has 1 aliphatic rings. The lowest BCUT2D eigenvalue weighted by Crippen LogP contribution is -2.47. The van der Waals surface area contributed by atoms with Crippen LogP contribution in [0.3, 0.4) is 0 Å². The van der Waals surface area contributed by atoms with Crippen molar-refractivity contribution in [2.75, 3.05) is 44.2 Å². The molecule has 0 radical (unpaired) electrons. The van der Waals surface area contributed by atoms with Crippen molar-refractivity contribution in [3.8, 4) is 0 Å². The summed E-state index contributed by atoms with van der Waals surface area (Å²) in [6.45, 7) is 13.2. The summed E-state index contributed by atoms with van der Waals surface area (Å²) in [6.07, 6.45) is 1.11. The normalized spacial score (nSPS) is 16.9. The third-order valence-electron chi connectivity index (χ3n) is 4.00. The highest BCUT2D eigenvalue weighted by atomic mass is 15.3. The summed E-state index contributed by atoms with van der Waals surface area (Å²) in [5, 5.41) is 0. The molecule has 1 aromatic rings. The first-order valence-electron chi connectivity index (χ1n) is 7.37. The van der Waals surface area contributed by atoms with Gasteiger partial charge in [-0.05, 0) is 51.4 Å². The van der Waals surface area contributed by atoms with Crippen molar-refractivity contribution in [1.29, 1.82) is 0 Å². The molecule has 0 atom stereocenters. The minimum Gasteiger partial charge on any atom is -0.369 e. The molecule has 1 aromatic carbocycles. The molecule has 106 valence electrons. The van der Waals surface area contributed by atoms with Crippen LogP contribution in [0.5, 0.6) is 0 Å². The molecule has 0 unspecified atom stereocenters. The van der Waals surface area contributed by atoms with E-state index in [2.05, 4.69) is 42.7 Å². The van der Waals surface area contributed by atoms with Crippen LogP contribution in [0.1, 0.15) is 23.1 Å². The number of anilines is 1. The maximum absolute atomic E-state index is 5.58. The molecule has 1 saturated heterocycles. The van der Waals surface area contributed by atoms with Crippen LogP contribution in [-0.2, 0) is 0 Å². The average Bonchev–Trinajstić information content (AvgIpc) is 2.36. The van der Waals surface area contributed by atoms with Gasteiger partial charge in [0.05, 0.1) is 0 Å². The van der Waals surface area contributed by atoms with Gasteiger partial charge in [0.25, 0.3) is 0 Å². The van der Waals surface area contributed by atoms with Crippen molar-refractivity contribution < 1.29 is 0 Å². The molecule has 3 nitrogen and oxygen atoms in total. The Morgan fingerprint density at radius 1 is 1.00 bits per heavy atom. The van der Waals surface area contributed by atoms with E-state index in [9.17, 15) is 0 Å². The topological polar surface area (TPSA) is 32.5 Å². The number of nitrogens with two attached hydrogens (primary N) is 1. The summed E-state index contributed by atoms with van der Waals surface area (Å²) < 4.78 is 0. The first kappa shape index (κ1) is 14.4. The van der Waals surface area contributed by atoms with Crippen LogP contribution in [0.15, 0.2) is 12.1 Å². The maximum atomic E-state index is 5.58. The molecule has 0 bridgehead atoms. The predicted molar refractivity (Wildman–Crippen MR) is 83.0 cm³/mol. The Balaban J connectivity index is 2.02. The van der Waals surface area contributed by atoms with Crippen LogP contribution in [0.4, 0.5) is 5.69 Å². The van der Waals surface area contributed by atoms with Crippen LogP contribution in [0.2, 0.25) is 0 Å². The molecule has 3 heteroatoms. The zero-order valence-electron chi connectivity index (χ0n) is 12.6. The Kier molecular flexibility index (Phi) is 4.83. The summed E-state index contributed by atoms with van der Waals surface area (Å²) in [5.74, 6) is 0. The van der Waals surface area contributed by atoms with E-state index in [4.69, 9.17) is 5.73 Å². The zero-order chi connectivity index (χ0) is 13.8. The number of rotatable bonds is 4. The molecule has 0 spiro atoms. The smallest absolute Gasteiger partial charge is 0.0426 e. The fourth-order valence-electron chi connectivity index (χ4n) is 3.18. The minimum absolute atomic E-state index is 0.802. The van der Waals surface area contributed by atoms with Gasteiger partial charge >= 0.3 is 0 Å². The quantitative estimate of drug-likeness (QED) is 0.901. The summed E-state index contributed by atoms with van der Waals surface area (Å²) in [5.41, 5.74) is 11.2. The van der Waals surface area contributed by atoms with E-state index in [1.54, 1.807) is 0 Å². The van der Waals surface area contributed by atoms with Crippen LogP contribution >= 0.6 is 0 Å². The summed E-state index contributed by atoms with van der Waals surface area (Å²) in [7, 11) is 0. The molecular formula is C16H27N3. The third-order valence-corrected chi connectivity index (χ3v) is 4.00. The van der Waals surface area contributed by atoms with Crippen molar-refractivity contribution in [1.82, 2.24) is 4.90 Å². The fourth-order valence-corrected chi connectivity index (χ4v) is 3.18.